The first-order chi connectivity index (χ1) is 7.64. The molecule has 0 heterocycles. The molecule has 1 rings (SSSR count). The standard InChI is InChI=1S/C13H25NO2/c1-3-13(4-2,12(15)16)10-14-11-8-6-5-7-9-11/h11,14H,3-10H2,1-2H3,(H,15,16). The molecule has 1 saturated carbocycles. The summed E-state index contributed by atoms with van der Waals surface area (Å²) in [6.45, 7) is 4.57. The van der Waals surface area contributed by atoms with Gasteiger partial charge in [0.25, 0.3) is 0 Å². The second-order valence-corrected chi connectivity index (χ2v) is 5.01. The molecule has 94 valence electrons. The van der Waals surface area contributed by atoms with Crippen molar-refractivity contribution in [3.05, 3.63) is 0 Å². The van der Waals surface area contributed by atoms with Crippen LogP contribution in [-0.2, 0) is 4.79 Å². The highest BCUT2D eigenvalue weighted by atomic mass is 16.4. The predicted molar refractivity (Wildman–Crippen MR) is 65.5 cm³/mol. The van der Waals surface area contributed by atoms with E-state index < -0.39 is 11.4 Å². The highest BCUT2D eigenvalue weighted by molar-refractivity contribution is 5.74. The molecule has 1 fully saturated rings. The van der Waals surface area contributed by atoms with Crippen LogP contribution in [0.2, 0.25) is 0 Å². The Labute approximate surface area is 98.6 Å². The molecule has 0 spiro atoms. The molecule has 0 aromatic heterocycles. The van der Waals surface area contributed by atoms with Crippen molar-refractivity contribution in [3.8, 4) is 0 Å². The number of rotatable bonds is 6. The van der Waals surface area contributed by atoms with Crippen LogP contribution in [0.5, 0.6) is 0 Å². The molecule has 3 heteroatoms. The summed E-state index contributed by atoms with van der Waals surface area (Å²) in [5.74, 6) is -0.652. The van der Waals surface area contributed by atoms with Gasteiger partial charge in [0.05, 0.1) is 5.41 Å². The predicted octanol–water partition coefficient (Wildman–Crippen LogP) is 2.80. The lowest BCUT2D eigenvalue weighted by Crippen LogP contribution is -2.44. The average molecular weight is 227 g/mol. The second kappa shape index (κ2) is 6.24. The van der Waals surface area contributed by atoms with E-state index in [0.29, 0.717) is 25.4 Å². The van der Waals surface area contributed by atoms with Crippen molar-refractivity contribution in [2.45, 2.75) is 64.8 Å². The summed E-state index contributed by atoms with van der Waals surface area (Å²) >= 11 is 0. The molecule has 0 aromatic rings. The number of nitrogens with one attached hydrogen (secondary N) is 1. The maximum Gasteiger partial charge on any atom is 0.310 e. The molecule has 2 N–H and O–H groups in total. The molecular weight excluding hydrogens is 202 g/mol. The number of hydrogen-bond acceptors (Lipinski definition) is 2. The maximum atomic E-state index is 11.3. The van der Waals surface area contributed by atoms with Crippen molar-refractivity contribution in [2.24, 2.45) is 5.41 Å². The van der Waals surface area contributed by atoms with Gasteiger partial charge in [-0.25, -0.2) is 0 Å². The van der Waals surface area contributed by atoms with Gasteiger partial charge in [-0.05, 0) is 25.7 Å². The Kier molecular flexibility index (Phi) is 5.26. The molecule has 1 aliphatic rings. The number of aliphatic carboxylic acids is 1. The van der Waals surface area contributed by atoms with Gasteiger partial charge in [-0.15, -0.1) is 0 Å². The van der Waals surface area contributed by atoms with Crippen LogP contribution in [0.25, 0.3) is 0 Å². The molecule has 0 radical (unpaired) electrons. The maximum absolute atomic E-state index is 11.3. The zero-order valence-electron chi connectivity index (χ0n) is 10.6. The average Bonchev–Trinajstić information content (AvgIpc) is 2.32. The van der Waals surface area contributed by atoms with Gasteiger partial charge in [0.15, 0.2) is 0 Å². The third kappa shape index (κ3) is 3.21. The first-order valence-corrected chi connectivity index (χ1v) is 6.61. The van der Waals surface area contributed by atoms with Crippen LogP contribution >= 0.6 is 0 Å². The van der Waals surface area contributed by atoms with Crippen LogP contribution in [0.4, 0.5) is 0 Å². The van der Waals surface area contributed by atoms with Crippen molar-refractivity contribution in [1.29, 1.82) is 0 Å². The fourth-order valence-electron chi connectivity index (χ4n) is 2.52. The van der Waals surface area contributed by atoms with Gasteiger partial charge >= 0.3 is 5.97 Å². The lowest BCUT2D eigenvalue weighted by molar-refractivity contribution is -0.149. The van der Waals surface area contributed by atoms with E-state index in [-0.39, 0.29) is 0 Å². The van der Waals surface area contributed by atoms with E-state index in [1.54, 1.807) is 0 Å². The van der Waals surface area contributed by atoms with Gasteiger partial charge in [-0.2, -0.15) is 0 Å². The number of carboxylic acids is 1. The summed E-state index contributed by atoms with van der Waals surface area (Å²) in [5, 5.41) is 12.8. The van der Waals surface area contributed by atoms with Crippen LogP contribution in [0.3, 0.4) is 0 Å². The van der Waals surface area contributed by atoms with Crippen molar-refractivity contribution in [1.82, 2.24) is 5.32 Å². The summed E-state index contributed by atoms with van der Waals surface area (Å²) in [7, 11) is 0. The smallest absolute Gasteiger partial charge is 0.310 e. The first-order valence-electron chi connectivity index (χ1n) is 6.61. The van der Waals surface area contributed by atoms with Gasteiger partial charge in [-0.1, -0.05) is 33.1 Å². The summed E-state index contributed by atoms with van der Waals surface area (Å²) in [4.78, 5) is 11.3. The molecule has 0 saturated heterocycles. The van der Waals surface area contributed by atoms with Gasteiger partial charge in [0, 0.05) is 12.6 Å². The largest absolute Gasteiger partial charge is 0.481 e. The number of carbonyl (C=O) groups is 1. The Hall–Kier alpha value is -0.570. The van der Waals surface area contributed by atoms with E-state index in [2.05, 4.69) is 5.32 Å². The number of hydrogen-bond donors (Lipinski definition) is 2. The van der Waals surface area contributed by atoms with E-state index in [9.17, 15) is 9.90 Å². The summed E-state index contributed by atoms with van der Waals surface area (Å²) in [5.41, 5.74) is -0.558. The van der Waals surface area contributed by atoms with Gasteiger partial charge in [0.1, 0.15) is 0 Å². The fraction of sp³-hybridized carbons (Fsp3) is 0.923. The molecule has 1 aliphatic carbocycles. The molecule has 0 aromatic carbocycles. The van der Waals surface area contributed by atoms with Crippen LogP contribution in [-0.4, -0.2) is 23.7 Å². The van der Waals surface area contributed by atoms with Crippen molar-refractivity contribution in [2.75, 3.05) is 6.54 Å². The molecule has 0 bridgehead atoms. The normalized spacial score (nSPS) is 18.6. The van der Waals surface area contributed by atoms with Crippen LogP contribution in [0.1, 0.15) is 58.8 Å². The summed E-state index contributed by atoms with van der Waals surface area (Å²) in [6, 6.07) is 0.547. The Bertz CT molecular complexity index is 218. The minimum atomic E-state index is -0.652. The summed E-state index contributed by atoms with van der Waals surface area (Å²) in [6.07, 6.45) is 7.75. The van der Waals surface area contributed by atoms with E-state index in [0.717, 1.165) is 0 Å². The molecule has 0 aliphatic heterocycles. The topological polar surface area (TPSA) is 49.3 Å². The number of carboxylic acid groups (broad SMARTS) is 1. The van der Waals surface area contributed by atoms with Gasteiger partial charge < -0.3 is 10.4 Å². The quantitative estimate of drug-likeness (QED) is 0.733. The molecule has 0 atom stereocenters. The van der Waals surface area contributed by atoms with Crippen LogP contribution in [0, 0.1) is 5.41 Å². The van der Waals surface area contributed by atoms with E-state index in [1.807, 2.05) is 13.8 Å². The minimum absolute atomic E-state index is 0.547. The van der Waals surface area contributed by atoms with Crippen LogP contribution < -0.4 is 5.32 Å². The molecule has 3 nitrogen and oxygen atoms in total. The molecular formula is C13H25NO2. The monoisotopic (exact) mass is 227 g/mol. The zero-order valence-corrected chi connectivity index (χ0v) is 10.6. The Morgan fingerprint density at radius 2 is 1.81 bits per heavy atom. The molecule has 0 unspecified atom stereocenters. The second-order valence-electron chi connectivity index (χ2n) is 5.01. The van der Waals surface area contributed by atoms with Crippen molar-refractivity contribution in [3.63, 3.8) is 0 Å². The SMILES string of the molecule is CCC(CC)(CNC1CCCCC1)C(=O)O. The lowest BCUT2D eigenvalue weighted by atomic mass is 9.81. The first kappa shape index (κ1) is 13.5. The lowest BCUT2D eigenvalue weighted by Gasteiger charge is -2.31. The Morgan fingerprint density at radius 1 is 1.25 bits per heavy atom. The van der Waals surface area contributed by atoms with E-state index >= 15 is 0 Å². The Balaban J connectivity index is 2.45. The van der Waals surface area contributed by atoms with Gasteiger partial charge in [-0.3, -0.25) is 4.79 Å². The van der Waals surface area contributed by atoms with E-state index in [1.165, 1.54) is 32.1 Å². The van der Waals surface area contributed by atoms with Gasteiger partial charge in [0.2, 0.25) is 0 Å². The fourth-order valence-corrected chi connectivity index (χ4v) is 2.52. The van der Waals surface area contributed by atoms with Crippen molar-refractivity contribution < 1.29 is 9.90 Å². The molecule has 0 amide bonds. The Morgan fingerprint density at radius 3 is 2.25 bits per heavy atom. The van der Waals surface area contributed by atoms with Crippen LogP contribution in [0.15, 0.2) is 0 Å². The molecule has 16 heavy (non-hydrogen) atoms. The minimum Gasteiger partial charge on any atom is -0.481 e. The third-order valence-electron chi connectivity index (χ3n) is 4.14. The van der Waals surface area contributed by atoms with E-state index in [4.69, 9.17) is 0 Å². The van der Waals surface area contributed by atoms with Crippen molar-refractivity contribution >= 4 is 5.97 Å². The highest BCUT2D eigenvalue weighted by Crippen LogP contribution is 2.27. The summed E-state index contributed by atoms with van der Waals surface area (Å²) < 4.78 is 0. The zero-order chi connectivity index (χ0) is 12.0. The highest BCUT2D eigenvalue weighted by Gasteiger charge is 2.35. The third-order valence-corrected chi connectivity index (χ3v) is 4.14.